The molecule has 0 radical (unpaired) electrons. The van der Waals surface area contributed by atoms with Crippen LogP contribution < -0.4 is 4.84 Å². The molecule has 2 heterocycles. The van der Waals surface area contributed by atoms with Crippen LogP contribution >= 0.6 is 0 Å². The van der Waals surface area contributed by atoms with Crippen molar-refractivity contribution in [1.29, 1.82) is 0 Å². The molecule has 0 aliphatic carbocycles. The van der Waals surface area contributed by atoms with Crippen LogP contribution in [0.25, 0.3) is 10.9 Å². The third-order valence-corrected chi connectivity index (χ3v) is 3.78. The molecule has 0 atom stereocenters. The summed E-state index contributed by atoms with van der Waals surface area (Å²) < 4.78 is 1.32. The first-order chi connectivity index (χ1) is 11.5. The molecule has 122 valence electrons. The number of aromatic nitrogens is 2. The fourth-order valence-corrected chi connectivity index (χ4v) is 2.50. The van der Waals surface area contributed by atoms with Crippen molar-refractivity contribution in [3.05, 3.63) is 65.1 Å². The van der Waals surface area contributed by atoms with Gasteiger partial charge in [-0.15, -0.1) is 0 Å². The van der Waals surface area contributed by atoms with Gasteiger partial charge in [-0.1, -0.05) is 19.1 Å². The molecule has 24 heavy (non-hydrogen) atoms. The number of pyridine rings is 1. The summed E-state index contributed by atoms with van der Waals surface area (Å²) in [5.41, 5.74) is 3.26. The summed E-state index contributed by atoms with van der Waals surface area (Å²) in [5, 5.41) is 0.834. The molecule has 5 heteroatoms. The smallest absolute Gasteiger partial charge is 0.332 e. The van der Waals surface area contributed by atoms with E-state index >= 15 is 0 Å². The molecular weight excluding hydrogens is 304 g/mol. The van der Waals surface area contributed by atoms with Gasteiger partial charge in [0.15, 0.2) is 0 Å². The maximum Gasteiger partial charge on any atom is 0.332 e. The number of nitrogens with zero attached hydrogens (tertiary/aromatic N) is 2. The number of rotatable bonds is 4. The monoisotopic (exact) mass is 322 g/mol. The fraction of sp³-hybridized carbons (Fsp3) is 0.211. The lowest BCUT2D eigenvalue weighted by atomic mass is 10.1. The van der Waals surface area contributed by atoms with Gasteiger partial charge in [-0.25, -0.2) is 4.79 Å². The van der Waals surface area contributed by atoms with Gasteiger partial charge in [0, 0.05) is 18.0 Å². The zero-order valence-electron chi connectivity index (χ0n) is 13.9. The quantitative estimate of drug-likeness (QED) is 0.692. The largest absolute Gasteiger partial charge is 0.336 e. The molecule has 0 aliphatic heterocycles. The van der Waals surface area contributed by atoms with E-state index in [1.54, 1.807) is 25.3 Å². The molecule has 0 saturated heterocycles. The standard InChI is InChI=1S/C19H18N2O3/c1-4-18(22)24-21-16-10-12(2)5-6-14(16)11-17(21)19(23)15-9-13(3)7-8-20-15/h5-11H,4H2,1-3H3. The van der Waals surface area contributed by atoms with Crippen LogP contribution in [0.3, 0.4) is 0 Å². The SMILES string of the molecule is CCC(=O)On1c(C(=O)c2cc(C)ccn2)cc2ccc(C)cc21. The molecule has 2 aromatic heterocycles. The molecule has 0 aliphatic rings. The van der Waals surface area contributed by atoms with Crippen LogP contribution in [0.5, 0.6) is 0 Å². The Bertz CT molecular complexity index is 941. The van der Waals surface area contributed by atoms with E-state index in [-0.39, 0.29) is 17.9 Å². The van der Waals surface area contributed by atoms with Crippen molar-refractivity contribution in [2.75, 3.05) is 0 Å². The van der Waals surface area contributed by atoms with E-state index in [0.29, 0.717) is 11.2 Å². The topological polar surface area (TPSA) is 61.2 Å². The lowest BCUT2D eigenvalue weighted by Gasteiger charge is -2.09. The second-order valence-electron chi connectivity index (χ2n) is 5.75. The normalized spacial score (nSPS) is 10.8. The maximum absolute atomic E-state index is 12.9. The Labute approximate surface area is 139 Å². The molecule has 5 nitrogen and oxygen atoms in total. The maximum atomic E-state index is 12.9. The highest BCUT2D eigenvalue weighted by molar-refractivity contribution is 6.09. The Hall–Kier alpha value is -2.95. The van der Waals surface area contributed by atoms with Crippen molar-refractivity contribution in [3.63, 3.8) is 0 Å². The Morgan fingerprint density at radius 2 is 1.83 bits per heavy atom. The van der Waals surface area contributed by atoms with Crippen LogP contribution in [0.4, 0.5) is 0 Å². The van der Waals surface area contributed by atoms with E-state index in [9.17, 15) is 9.59 Å². The van der Waals surface area contributed by atoms with E-state index in [4.69, 9.17) is 4.84 Å². The minimum Gasteiger partial charge on any atom is -0.336 e. The number of hydrogen-bond acceptors (Lipinski definition) is 4. The first-order valence-electron chi connectivity index (χ1n) is 7.80. The summed E-state index contributed by atoms with van der Waals surface area (Å²) >= 11 is 0. The summed E-state index contributed by atoms with van der Waals surface area (Å²) in [7, 11) is 0. The fourth-order valence-electron chi connectivity index (χ4n) is 2.50. The van der Waals surface area contributed by atoms with Crippen LogP contribution in [-0.2, 0) is 4.79 Å². The zero-order chi connectivity index (χ0) is 17.3. The van der Waals surface area contributed by atoms with Crippen molar-refractivity contribution in [2.24, 2.45) is 0 Å². The second-order valence-corrected chi connectivity index (χ2v) is 5.75. The predicted octanol–water partition coefficient (Wildman–Crippen LogP) is 3.25. The number of hydrogen-bond donors (Lipinski definition) is 0. The molecule has 3 aromatic rings. The summed E-state index contributed by atoms with van der Waals surface area (Å²) in [6.45, 7) is 5.55. The third kappa shape index (κ3) is 2.93. The van der Waals surface area contributed by atoms with Gasteiger partial charge < -0.3 is 4.84 Å². The minimum atomic E-state index is -0.403. The van der Waals surface area contributed by atoms with E-state index in [2.05, 4.69) is 4.98 Å². The number of carbonyl (C=O) groups is 2. The van der Waals surface area contributed by atoms with Gasteiger partial charge in [0.1, 0.15) is 11.4 Å². The molecule has 0 bridgehead atoms. The minimum absolute atomic E-state index is 0.224. The van der Waals surface area contributed by atoms with Crippen LogP contribution in [0, 0.1) is 13.8 Å². The average Bonchev–Trinajstić information content (AvgIpc) is 2.92. The van der Waals surface area contributed by atoms with E-state index in [0.717, 1.165) is 16.5 Å². The molecule has 0 fully saturated rings. The van der Waals surface area contributed by atoms with Crippen LogP contribution in [0.2, 0.25) is 0 Å². The number of aryl methyl sites for hydroxylation is 2. The molecule has 0 saturated carbocycles. The Kier molecular flexibility index (Phi) is 4.16. The highest BCUT2D eigenvalue weighted by atomic mass is 16.7. The third-order valence-electron chi connectivity index (χ3n) is 3.78. The van der Waals surface area contributed by atoms with Gasteiger partial charge >= 0.3 is 5.97 Å². The van der Waals surface area contributed by atoms with Gasteiger partial charge in [0.25, 0.3) is 0 Å². The van der Waals surface area contributed by atoms with Crippen molar-refractivity contribution in [3.8, 4) is 0 Å². The number of benzene rings is 1. The van der Waals surface area contributed by atoms with Gasteiger partial charge in [0.05, 0.1) is 5.52 Å². The highest BCUT2D eigenvalue weighted by Gasteiger charge is 2.21. The van der Waals surface area contributed by atoms with Crippen molar-refractivity contribution in [1.82, 2.24) is 9.71 Å². The van der Waals surface area contributed by atoms with Crippen LogP contribution in [-0.4, -0.2) is 21.5 Å². The van der Waals surface area contributed by atoms with Crippen molar-refractivity contribution >= 4 is 22.7 Å². The molecule has 3 rings (SSSR count). The van der Waals surface area contributed by atoms with Crippen molar-refractivity contribution in [2.45, 2.75) is 27.2 Å². The molecule has 0 unspecified atom stereocenters. The van der Waals surface area contributed by atoms with Crippen molar-refractivity contribution < 1.29 is 14.4 Å². The first kappa shape index (κ1) is 15.9. The van der Waals surface area contributed by atoms with Gasteiger partial charge in [-0.2, -0.15) is 4.73 Å². The molecule has 1 aromatic carbocycles. The molecular formula is C19H18N2O3. The van der Waals surface area contributed by atoms with Gasteiger partial charge in [0.2, 0.25) is 5.78 Å². The second kappa shape index (κ2) is 6.28. The first-order valence-corrected chi connectivity index (χ1v) is 7.80. The van der Waals surface area contributed by atoms with Gasteiger partial charge in [-0.3, -0.25) is 9.78 Å². The number of fused-ring (bicyclic) bond motifs is 1. The molecule has 0 spiro atoms. The van der Waals surface area contributed by atoms with E-state index in [1.807, 2.05) is 38.1 Å². The van der Waals surface area contributed by atoms with Gasteiger partial charge in [-0.05, 0) is 49.2 Å². The zero-order valence-corrected chi connectivity index (χ0v) is 13.9. The highest BCUT2D eigenvalue weighted by Crippen LogP contribution is 2.22. The predicted molar refractivity (Wildman–Crippen MR) is 91.0 cm³/mol. The summed E-state index contributed by atoms with van der Waals surface area (Å²) in [6.07, 6.45) is 1.82. The van der Waals surface area contributed by atoms with E-state index < -0.39 is 5.97 Å². The summed E-state index contributed by atoms with van der Waals surface area (Å²) in [6, 6.07) is 11.0. The lowest BCUT2D eigenvalue weighted by molar-refractivity contribution is -0.143. The number of carbonyl (C=O) groups excluding carboxylic acids is 2. The summed E-state index contributed by atoms with van der Waals surface area (Å²) in [5.74, 6) is -0.684. The average molecular weight is 322 g/mol. The molecule has 0 amide bonds. The lowest BCUT2D eigenvalue weighted by Crippen LogP contribution is -2.23. The van der Waals surface area contributed by atoms with E-state index in [1.165, 1.54) is 4.73 Å². The van der Waals surface area contributed by atoms with Crippen LogP contribution in [0.15, 0.2) is 42.6 Å². The summed E-state index contributed by atoms with van der Waals surface area (Å²) in [4.78, 5) is 34.2. The Morgan fingerprint density at radius 1 is 1.08 bits per heavy atom. The Morgan fingerprint density at radius 3 is 2.54 bits per heavy atom. The Balaban J connectivity index is 2.17. The van der Waals surface area contributed by atoms with Crippen LogP contribution in [0.1, 0.15) is 40.7 Å². The molecule has 0 N–H and O–H groups in total. The number of ketones is 1.